The highest BCUT2D eigenvalue weighted by Gasteiger charge is 2.45. The Morgan fingerprint density at radius 3 is 2.21 bits per heavy atom. The Kier molecular flexibility index (Phi) is 4.44. The number of aliphatic hydroxyl groups excluding tert-OH is 1. The molecule has 110 valence electrons. The number of β-amino-alcohol motifs (C(OH)–C–C–N with tert-alkyl or cyclic N) is 1. The fourth-order valence-electron chi connectivity index (χ4n) is 2.68. The molecule has 2 saturated heterocycles. The van der Waals surface area contributed by atoms with Crippen molar-refractivity contribution in [3.05, 3.63) is 0 Å². The van der Waals surface area contributed by atoms with Crippen molar-refractivity contribution in [2.75, 3.05) is 19.6 Å². The van der Waals surface area contributed by atoms with Gasteiger partial charge in [0.05, 0.1) is 6.10 Å². The van der Waals surface area contributed by atoms with Gasteiger partial charge < -0.3 is 10.2 Å². The number of nitrogens with zero attached hydrogens (tertiary/aromatic N) is 2. The number of hydrogen-bond donors (Lipinski definition) is 2. The molecule has 0 aromatic heterocycles. The number of carboxylic acids is 1. The first-order valence-electron chi connectivity index (χ1n) is 6.60. The van der Waals surface area contributed by atoms with Crippen LogP contribution in [0.4, 0.5) is 0 Å². The predicted molar refractivity (Wildman–Crippen MR) is 67.7 cm³/mol. The fraction of sp³-hybridized carbons (Fsp3) is 0.909. The van der Waals surface area contributed by atoms with E-state index in [4.69, 9.17) is 5.11 Å². The molecular weight excluding hydrogens is 272 g/mol. The number of carboxylic acid groups (broad SMARTS) is 1. The molecule has 2 heterocycles. The molecule has 0 radical (unpaired) electrons. The van der Waals surface area contributed by atoms with Gasteiger partial charge in [0.15, 0.2) is 0 Å². The van der Waals surface area contributed by atoms with E-state index in [0.717, 1.165) is 30.0 Å². The summed E-state index contributed by atoms with van der Waals surface area (Å²) in [4.78, 5) is 11.1. The smallest absolute Gasteiger partial charge is 0.322 e. The second-order valence-corrected chi connectivity index (χ2v) is 7.02. The Morgan fingerprint density at radius 2 is 1.68 bits per heavy atom. The van der Waals surface area contributed by atoms with Crippen LogP contribution in [0.25, 0.3) is 0 Å². The standard InChI is InChI=1S/C11H20N2O5S/c14-9-7-10(11(15)16)13(8-9)19(17,18)12-5-3-1-2-4-6-12/h9-10,14H,1-8H2,(H,15,16)/t9-,10-/m0/s1. The predicted octanol–water partition coefficient (Wildman–Crippen LogP) is -0.373. The number of hydrogen-bond acceptors (Lipinski definition) is 4. The highest BCUT2D eigenvalue weighted by molar-refractivity contribution is 7.86. The van der Waals surface area contributed by atoms with Crippen molar-refractivity contribution in [2.24, 2.45) is 0 Å². The van der Waals surface area contributed by atoms with Gasteiger partial charge in [0, 0.05) is 26.1 Å². The Labute approximate surface area is 113 Å². The summed E-state index contributed by atoms with van der Waals surface area (Å²) >= 11 is 0. The summed E-state index contributed by atoms with van der Waals surface area (Å²) in [5, 5.41) is 18.6. The van der Waals surface area contributed by atoms with E-state index in [2.05, 4.69) is 0 Å². The molecule has 0 aliphatic carbocycles. The van der Waals surface area contributed by atoms with E-state index in [1.807, 2.05) is 0 Å². The van der Waals surface area contributed by atoms with Crippen molar-refractivity contribution < 1.29 is 23.4 Å². The van der Waals surface area contributed by atoms with Crippen LogP contribution in [-0.4, -0.2) is 65.0 Å². The number of aliphatic hydroxyl groups is 1. The maximum absolute atomic E-state index is 12.5. The molecule has 2 rings (SSSR count). The lowest BCUT2D eigenvalue weighted by atomic mass is 10.2. The lowest BCUT2D eigenvalue weighted by Gasteiger charge is -2.28. The van der Waals surface area contributed by atoms with E-state index in [-0.39, 0.29) is 13.0 Å². The Morgan fingerprint density at radius 1 is 1.11 bits per heavy atom. The minimum absolute atomic E-state index is 0.0393. The van der Waals surface area contributed by atoms with Gasteiger partial charge in [0.2, 0.25) is 0 Å². The molecule has 0 amide bonds. The van der Waals surface area contributed by atoms with Crippen molar-refractivity contribution in [1.82, 2.24) is 8.61 Å². The lowest BCUT2D eigenvalue weighted by Crippen LogP contribution is -2.48. The summed E-state index contributed by atoms with van der Waals surface area (Å²) in [6, 6.07) is -1.15. The van der Waals surface area contributed by atoms with Crippen LogP contribution in [0.5, 0.6) is 0 Å². The van der Waals surface area contributed by atoms with Gasteiger partial charge >= 0.3 is 5.97 Å². The number of rotatable bonds is 3. The third-order valence-corrected chi connectivity index (χ3v) is 5.72. The minimum atomic E-state index is -3.79. The van der Waals surface area contributed by atoms with Gasteiger partial charge in [-0.3, -0.25) is 4.79 Å². The van der Waals surface area contributed by atoms with Crippen molar-refractivity contribution in [2.45, 2.75) is 44.2 Å². The van der Waals surface area contributed by atoms with Crippen molar-refractivity contribution >= 4 is 16.2 Å². The number of aliphatic carboxylic acids is 1. The maximum Gasteiger partial charge on any atom is 0.322 e. The molecule has 0 unspecified atom stereocenters. The van der Waals surface area contributed by atoms with Crippen LogP contribution < -0.4 is 0 Å². The van der Waals surface area contributed by atoms with Gasteiger partial charge in [0.1, 0.15) is 6.04 Å². The second kappa shape index (κ2) is 5.74. The molecular formula is C11H20N2O5S. The molecule has 0 saturated carbocycles. The monoisotopic (exact) mass is 292 g/mol. The van der Waals surface area contributed by atoms with Crippen molar-refractivity contribution in [3.63, 3.8) is 0 Å². The van der Waals surface area contributed by atoms with Crippen LogP contribution in [0.1, 0.15) is 32.1 Å². The van der Waals surface area contributed by atoms with Gasteiger partial charge in [-0.15, -0.1) is 0 Å². The summed E-state index contributed by atoms with van der Waals surface area (Å²) in [6.45, 7) is 0.734. The summed E-state index contributed by atoms with van der Waals surface area (Å²) in [5.41, 5.74) is 0. The summed E-state index contributed by atoms with van der Waals surface area (Å²) in [7, 11) is -3.79. The normalized spacial score (nSPS) is 31.2. The molecule has 2 atom stereocenters. The average Bonchev–Trinajstić information content (AvgIpc) is 2.58. The van der Waals surface area contributed by atoms with Crippen LogP contribution in [-0.2, 0) is 15.0 Å². The third kappa shape index (κ3) is 3.07. The van der Waals surface area contributed by atoms with Crippen LogP contribution in [0.2, 0.25) is 0 Å². The molecule has 2 aliphatic rings. The first-order chi connectivity index (χ1) is 8.93. The van der Waals surface area contributed by atoms with Gasteiger partial charge in [-0.1, -0.05) is 12.8 Å². The van der Waals surface area contributed by atoms with Crippen LogP contribution in [0.3, 0.4) is 0 Å². The highest BCUT2D eigenvalue weighted by atomic mass is 32.2. The Hall–Kier alpha value is -0.700. The molecule has 0 aromatic carbocycles. The number of carbonyl (C=O) groups is 1. The minimum Gasteiger partial charge on any atom is -0.480 e. The second-order valence-electron chi connectivity index (χ2n) is 5.13. The molecule has 19 heavy (non-hydrogen) atoms. The third-order valence-electron chi connectivity index (χ3n) is 3.71. The van der Waals surface area contributed by atoms with E-state index in [1.54, 1.807) is 0 Å². The van der Waals surface area contributed by atoms with Crippen LogP contribution in [0, 0.1) is 0 Å². The largest absolute Gasteiger partial charge is 0.480 e. The van der Waals surface area contributed by atoms with E-state index in [0.29, 0.717) is 13.1 Å². The SMILES string of the molecule is O=C(O)[C@@H]1C[C@H](O)CN1S(=O)(=O)N1CCCCCC1. The summed E-state index contributed by atoms with van der Waals surface area (Å²) < 4.78 is 27.2. The van der Waals surface area contributed by atoms with Crippen LogP contribution >= 0.6 is 0 Å². The first kappa shape index (κ1) is 14.7. The molecule has 2 aliphatic heterocycles. The Bertz CT molecular complexity index is 430. The zero-order chi connectivity index (χ0) is 14.0. The zero-order valence-corrected chi connectivity index (χ0v) is 11.5. The Balaban J connectivity index is 2.19. The van der Waals surface area contributed by atoms with Crippen molar-refractivity contribution in [1.29, 1.82) is 0 Å². The van der Waals surface area contributed by atoms with Gasteiger partial charge in [0.25, 0.3) is 10.2 Å². The van der Waals surface area contributed by atoms with E-state index in [9.17, 15) is 18.3 Å². The van der Waals surface area contributed by atoms with Crippen LogP contribution in [0.15, 0.2) is 0 Å². The first-order valence-corrected chi connectivity index (χ1v) is 8.00. The average molecular weight is 292 g/mol. The summed E-state index contributed by atoms with van der Waals surface area (Å²) in [6.07, 6.45) is 2.65. The molecule has 8 heteroatoms. The molecule has 0 aromatic rings. The maximum atomic E-state index is 12.5. The highest BCUT2D eigenvalue weighted by Crippen LogP contribution is 2.25. The molecule has 0 bridgehead atoms. The van der Waals surface area contributed by atoms with Gasteiger partial charge in [-0.25, -0.2) is 0 Å². The molecule has 0 spiro atoms. The fourth-order valence-corrected chi connectivity index (χ4v) is 4.56. The summed E-state index contributed by atoms with van der Waals surface area (Å²) in [5.74, 6) is -1.20. The van der Waals surface area contributed by atoms with E-state index in [1.165, 1.54) is 4.31 Å². The van der Waals surface area contributed by atoms with E-state index < -0.39 is 28.3 Å². The van der Waals surface area contributed by atoms with Gasteiger partial charge in [-0.2, -0.15) is 17.0 Å². The topological polar surface area (TPSA) is 98.1 Å². The van der Waals surface area contributed by atoms with E-state index >= 15 is 0 Å². The molecule has 2 fully saturated rings. The zero-order valence-electron chi connectivity index (χ0n) is 10.7. The quantitative estimate of drug-likeness (QED) is 0.739. The lowest BCUT2D eigenvalue weighted by molar-refractivity contribution is -0.140. The molecule has 2 N–H and O–H groups in total. The van der Waals surface area contributed by atoms with Crippen molar-refractivity contribution in [3.8, 4) is 0 Å². The van der Waals surface area contributed by atoms with Gasteiger partial charge in [-0.05, 0) is 12.8 Å². The molecule has 7 nitrogen and oxygen atoms in total.